The third kappa shape index (κ3) is 3.06. The molecule has 3 rings (SSSR count). The number of nitrogens with zero attached hydrogens (tertiary/aromatic N) is 1. The minimum Gasteiger partial charge on any atom is -0.130 e. The first-order valence-electron chi connectivity index (χ1n) is 6.21. The summed E-state index contributed by atoms with van der Waals surface area (Å²) >= 11 is 9.46. The van der Waals surface area contributed by atoms with Gasteiger partial charge in [0, 0.05) is 16.0 Å². The van der Waals surface area contributed by atoms with E-state index >= 15 is 0 Å². The third-order valence-corrected chi connectivity index (χ3v) is 5.39. The van der Waals surface area contributed by atoms with E-state index in [0.717, 1.165) is 5.02 Å². The molecule has 1 heterocycles. The molecular formula is C16H13ClNS2+. The van der Waals surface area contributed by atoms with E-state index in [1.165, 1.54) is 20.4 Å². The van der Waals surface area contributed by atoms with Crippen molar-refractivity contribution < 1.29 is 3.96 Å². The zero-order chi connectivity index (χ0) is 13.9. The van der Waals surface area contributed by atoms with Gasteiger partial charge in [-0.2, -0.15) is 0 Å². The smallest absolute Gasteiger partial charge is 0.130 e. The Kier molecular flexibility index (Phi) is 4.10. The van der Waals surface area contributed by atoms with Crippen molar-refractivity contribution in [2.45, 2.75) is 9.92 Å². The molecule has 0 unspecified atom stereocenters. The maximum atomic E-state index is 5.94. The fraction of sp³-hybridized carbons (Fsp3) is 0.0625. The zero-order valence-electron chi connectivity index (χ0n) is 10.9. The van der Waals surface area contributed by atoms with E-state index in [-0.39, 0.29) is 0 Å². The van der Waals surface area contributed by atoms with Crippen LogP contribution in [0.2, 0.25) is 5.02 Å². The van der Waals surface area contributed by atoms with Crippen LogP contribution in [0.15, 0.2) is 70.6 Å². The van der Waals surface area contributed by atoms with E-state index in [9.17, 15) is 0 Å². The van der Waals surface area contributed by atoms with E-state index in [4.69, 9.17) is 11.6 Å². The summed E-state index contributed by atoms with van der Waals surface area (Å²) in [6, 6.07) is 20.6. The fourth-order valence-corrected chi connectivity index (χ4v) is 3.98. The molecule has 0 radical (unpaired) electrons. The number of aromatic nitrogens is 1. The van der Waals surface area contributed by atoms with Crippen molar-refractivity contribution in [3.8, 4) is 10.4 Å². The molecule has 0 saturated carbocycles. The molecule has 0 N–H and O–H groups in total. The van der Waals surface area contributed by atoms with E-state index in [2.05, 4.69) is 53.5 Å². The number of aryl methyl sites for hydroxylation is 1. The molecule has 20 heavy (non-hydrogen) atoms. The predicted octanol–water partition coefficient (Wildman–Crippen LogP) is 5.04. The maximum absolute atomic E-state index is 5.94. The van der Waals surface area contributed by atoms with Crippen LogP contribution >= 0.6 is 34.9 Å². The summed E-state index contributed by atoms with van der Waals surface area (Å²) in [6.07, 6.45) is 0. The van der Waals surface area contributed by atoms with Crippen molar-refractivity contribution in [1.29, 1.82) is 0 Å². The standard InChI is InChI=1S/C16H13ClNS2/c1-18-16(19-14-5-3-2-4-6-14)11-15(20-18)12-7-9-13(17)10-8-12/h2-11H,1H3/q+1. The van der Waals surface area contributed by atoms with Crippen LogP contribution in [0.1, 0.15) is 0 Å². The van der Waals surface area contributed by atoms with Crippen molar-refractivity contribution in [2.24, 2.45) is 7.05 Å². The van der Waals surface area contributed by atoms with Gasteiger partial charge in [0.2, 0.25) is 0 Å². The second kappa shape index (κ2) is 6.00. The first-order valence-corrected chi connectivity index (χ1v) is 8.18. The molecule has 1 nitrogen and oxygen atoms in total. The minimum absolute atomic E-state index is 0.772. The molecule has 2 aromatic carbocycles. The molecule has 1 aromatic heterocycles. The van der Waals surface area contributed by atoms with Crippen LogP contribution in [0, 0.1) is 0 Å². The summed E-state index contributed by atoms with van der Waals surface area (Å²) in [5, 5.41) is 2.01. The molecule has 0 spiro atoms. The summed E-state index contributed by atoms with van der Waals surface area (Å²) in [7, 11) is 2.09. The van der Waals surface area contributed by atoms with Gasteiger partial charge >= 0.3 is 0 Å². The summed E-state index contributed by atoms with van der Waals surface area (Å²) in [5.41, 5.74) is 1.20. The molecule has 0 aliphatic heterocycles. The highest BCUT2D eigenvalue weighted by Gasteiger charge is 2.16. The number of halogens is 1. The number of hydrogen-bond acceptors (Lipinski definition) is 2. The zero-order valence-corrected chi connectivity index (χ0v) is 13.3. The lowest BCUT2D eigenvalue weighted by Crippen LogP contribution is -2.23. The Morgan fingerprint density at radius 1 is 1.00 bits per heavy atom. The van der Waals surface area contributed by atoms with Gasteiger partial charge in [0.15, 0.2) is 7.05 Å². The van der Waals surface area contributed by atoms with Gasteiger partial charge in [-0.1, -0.05) is 41.9 Å². The van der Waals surface area contributed by atoms with Crippen LogP contribution in [-0.4, -0.2) is 0 Å². The molecule has 4 heteroatoms. The Morgan fingerprint density at radius 2 is 1.70 bits per heavy atom. The summed E-state index contributed by atoms with van der Waals surface area (Å²) in [6.45, 7) is 0. The first-order chi connectivity index (χ1) is 9.72. The Bertz CT molecular complexity index is 705. The molecule has 3 aromatic rings. The highest BCUT2D eigenvalue weighted by atomic mass is 35.5. The van der Waals surface area contributed by atoms with Gasteiger partial charge in [-0.15, -0.1) is 3.96 Å². The molecule has 0 aliphatic rings. The van der Waals surface area contributed by atoms with Crippen LogP contribution in [0.5, 0.6) is 0 Å². The lowest BCUT2D eigenvalue weighted by molar-refractivity contribution is -0.640. The topological polar surface area (TPSA) is 3.88 Å². The van der Waals surface area contributed by atoms with E-state index in [1.807, 2.05) is 18.2 Å². The SMILES string of the molecule is C[n+]1sc(-c2ccc(Cl)cc2)cc1Sc1ccccc1. The van der Waals surface area contributed by atoms with Crippen molar-refractivity contribution in [2.75, 3.05) is 0 Å². The highest BCUT2D eigenvalue weighted by molar-refractivity contribution is 7.99. The summed E-state index contributed by atoms with van der Waals surface area (Å²) < 4.78 is 2.20. The molecule has 0 amide bonds. The Balaban J connectivity index is 1.89. The fourth-order valence-electron chi connectivity index (χ4n) is 1.88. The van der Waals surface area contributed by atoms with Crippen molar-refractivity contribution >= 4 is 34.9 Å². The first kappa shape index (κ1) is 13.7. The quantitative estimate of drug-likeness (QED) is 0.612. The Hall–Kier alpha value is -1.29. The molecule has 0 aliphatic carbocycles. The van der Waals surface area contributed by atoms with Crippen LogP contribution in [0.25, 0.3) is 10.4 Å². The average molecular weight is 319 g/mol. The molecule has 0 atom stereocenters. The van der Waals surface area contributed by atoms with Gasteiger partial charge in [-0.05, 0) is 41.6 Å². The van der Waals surface area contributed by atoms with E-state index in [0.29, 0.717) is 0 Å². The van der Waals surface area contributed by atoms with Gasteiger partial charge in [0.1, 0.15) is 16.4 Å². The van der Waals surface area contributed by atoms with Gasteiger partial charge in [-0.3, -0.25) is 0 Å². The lowest BCUT2D eigenvalue weighted by atomic mass is 10.2. The van der Waals surface area contributed by atoms with E-state index < -0.39 is 0 Å². The lowest BCUT2D eigenvalue weighted by Gasteiger charge is -1.94. The molecule has 0 saturated heterocycles. The normalized spacial score (nSPS) is 10.7. The van der Waals surface area contributed by atoms with Gasteiger partial charge < -0.3 is 0 Å². The van der Waals surface area contributed by atoms with Crippen molar-refractivity contribution in [3.05, 3.63) is 65.7 Å². The molecule has 0 fully saturated rings. The second-order valence-electron chi connectivity index (χ2n) is 4.36. The largest absolute Gasteiger partial charge is 0.259 e. The molecule has 100 valence electrons. The Labute approximate surface area is 132 Å². The van der Waals surface area contributed by atoms with Crippen LogP contribution in [0.4, 0.5) is 0 Å². The van der Waals surface area contributed by atoms with Crippen LogP contribution in [-0.2, 0) is 7.05 Å². The molecule has 0 bridgehead atoms. The number of benzene rings is 2. The number of hydrogen-bond donors (Lipinski definition) is 0. The monoisotopic (exact) mass is 318 g/mol. The van der Waals surface area contributed by atoms with Crippen molar-refractivity contribution in [3.63, 3.8) is 0 Å². The molecular weight excluding hydrogens is 306 g/mol. The van der Waals surface area contributed by atoms with Gasteiger partial charge in [0.25, 0.3) is 5.03 Å². The number of rotatable bonds is 3. The highest BCUT2D eigenvalue weighted by Crippen LogP contribution is 2.31. The van der Waals surface area contributed by atoms with Gasteiger partial charge in [0.05, 0.1) is 0 Å². The minimum atomic E-state index is 0.772. The van der Waals surface area contributed by atoms with Gasteiger partial charge in [-0.25, -0.2) is 0 Å². The second-order valence-corrected chi connectivity index (χ2v) is 7.06. The maximum Gasteiger partial charge on any atom is 0.259 e. The summed E-state index contributed by atoms with van der Waals surface area (Å²) in [4.78, 5) is 2.51. The van der Waals surface area contributed by atoms with E-state index in [1.54, 1.807) is 23.3 Å². The van der Waals surface area contributed by atoms with Crippen LogP contribution in [0.3, 0.4) is 0 Å². The average Bonchev–Trinajstić information content (AvgIpc) is 2.82. The third-order valence-electron chi connectivity index (χ3n) is 2.89. The van der Waals surface area contributed by atoms with Crippen LogP contribution < -0.4 is 3.96 Å². The van der Waals surface area contributed by atoms with Crippen molar-refractivity contribution in [1.82, 2.24) is 0 Å². The Morgan fingerprint density at radius 3 is 2.40 bits per heavy atom. The predicted molar refractivity (Wildman–Crippen MR) is 86.5 cm³/mol. The summed E-state index contributed by atoms with van der Waals surface area (Å²) in [5.74, 6) is 0.